The summed E-state index contributed by atoms with van der Waals surface area (Å²) in [5, 5.41) is 10.0. The van der Waals surface area contributed by atoms with Crippen LogP contribution < -0.4 is 10.5 Å². The van der Waals surface area contributed by atoms with Crippen molar-refractivity contribution in [3.63, 3.8) is 0 Å². The zero-order chi connectivity index (χ0) is 30.5. The monoisotopic (exact) mass is 614 g/mol. The molecule has 5 rings (SSSR count). The van der Waals surface area contributed by atoms with Crippen LogP contribution in [0.5, 0.6) is 0 Å². The van der Waals surface area contributed by atoms with Gasteiger partial charge >= 0.3 is 0 Å². The first kappa shape index (κ1) is 30.7. The number of nitrogens with zero attached hydrogens (tertiary/aromatic N) is 4. The van der Waals surface area contributed by atoms with Crippen LogP contribution in [0.1, 0.15) is 60.4 Å². The van der Waals surface area contributed by atoms with Gasteiger partial charge < -0.3 is 4.90 Å². The van der Waals surface area contributed by atoms with Gasteiger partial charge in [0.25, 0.3) is 11.5 Å². The molecule has 0 bridgehead atoms. The highest BCUT2D eigenvalue weighted by molar-refractivity contribution is 8.26. The highest BCUT2D eigenvalue weighted by Gasteiger charge is 2.34. The number of pyridine rings is 1. The Labute approximate surface area is 261 Å². The highest BCUT2D eigenvalue weighted by Crippen LogP contribution is 2.37. The van der Waals surface area contributed by atoms with E-state index in [-0.39, 0.29) is 29.4 Å². The zero-order valence-corrected chi connectivity index (χ0v) is 26.1. The molecule has 0 atom stereocenters. The fraction of sp³-hybridized carbons (Fsp3) is 0.353. The number of carbonyl (C=O) groups is 1. The molecule has 2 fully saturated rings. The van der Waals surface area contributed by atoms with E-state index in [0.29, 0.717) is 27.3 Å². The molecule has 0 unspecified atom stereocenters. The van der Waals surface area contributed by atoms with Gasteiger partial charge in [0, 0.05) is 25.2 Å². The van der Waals surface area contributed by atoms with Crippen molar-refractivity contribution in [3.05, 3.63) is 103 Å². The zero-order valence-electron chi connectivity index (χ0n) is 24.5. The maximum atomic E-state index is 13.6. The van der Waals surface area contributed by atoms with Crippen molar-refractivity contribution in [1.82, 2.24) is 9.47 Å². The Balaban J connectivity index is 1.50. The molecule has 3 aromatic rings. The van der Waals surface area contributed by atoms with Crippen LogP contribution in [0.4, 0.5) is 10.2 Å². The lowest BCUT2D eigenvalue weighted by Crippen LogP contribution is -2.40. The van der Waals surface area contributed by atoms with Crippen LogP contribution >= 0.6 is 24.0 Å². The number of thioether (sulfide) groups is 1. The molecule has 1 aromatic heterocycles. The van der Waals surface area contributed by atoms with Crippen LogP contribution in [0, 0.1) is 30.0 Å². The number of carbonyl (C=O) groups excluding carboxylic acids is 1. The summed E-state index contributed by atoms with van der Waals surface area (Å²) < 4.78 is 15.6. The molecule has 222 valence electrons. The summed E-state index contributed by atoms with van der Waals surface area (Å²) in [4.78, 5) is 31.5. The molecule has 0 aliphatic carbocycles. The Kier molecular flexibility index (Phi) is 9.79. The van der Waals surface area contributed by atoms with Gasteiger partial charge in [-0.05, 0) is 73.4 Å². The van der Waals surface area contributed by atoms with Crippen molar-refractivity contribution in [2.45, 2.75) is 59.0 Å². The largest absolute Gasteiger partial charge is 0.357 e. The predicted octanol–water partition coefficient (Wildman–Crippen LogP) is 6.83. The molecule has 0 radical (unpaired) electrons. The lowest BCUT2D eigenvalue weighted by atomic mass is 9.90. The topological polar surface area (TPSA) is 69.3 Å². The standard InChI is InChI=1S/C34H35FN4O2S2/c1-3-4-16-38-31(37-17-14-25(15-18-37)19-24-8-6-5-7-9-24)28(23(2)29(21-36)32(38)40)20-30-33(41)39(34(42)43-30)22-26-10-12-27(35)13-11-26/h5-13,20,25H,3-4,14-19,22H2,1-2H3/b30-20-. The van der Waals surface area contributed by atoms with E-state index < -0.39 is 0 Å². The Morgan fingerprint density at radius 3 is 2.42 bits per heavy atom. The highest BCUT2D eigenvalue weighted by atomic mass is 32.2. The second kappa shape index (κ2) is 13.7. The van der Waals surface area contributed by atoms with Crippen molar-refractivity contribution >= 4 is 46.1 Å². The molecule has 43 heavy (non-hydrogen) atoms. The normalized spacial score (nSPS) is 16.7. The van der Waals surface area contributed by atoms with Crippen LogP contribution in [-0.4, -0.2) is 32.8 Å². The molecule has 9 heteroatoms. The maximum Gasteiger partial charge on any atom is 0.270 e. The third-order valence-corrected chi connectivity index (χ3v) is 9.64. The van der Waals surface area contributed by atoms with E-state index in [1.165, 1.54) is 34.4 Å². The Bertz CT molecular complexity index is 1640. The van der Waals surface area contributed by atoms with E-state index in [0.717, 1.165) is 62.1 Å². The second-order valence-electron chi connectivity index (χ2n) is 11.2. The van der Waals surface area contributed by atoms with Crippen LogP contribution in [-0.2, 0) is 24.3 Å². The second-order valence-corrected chi connectivity index (χ2v) is 12.8. The van der Waals surface area contributed by atoms with Crippen LogP contribution in [0.3, 0.4) is 0 Å². The quantitative estimate of drug-likeness (QED) is 0.195. The lowest BCUT2D eigenvalue weighted by Gasteiger charge is -2.36. The minimum atomic E-state index is -0.340. The van der Waals surface area contributed by atoms with Gasteiger partial charge in [0.2, 0.25) is 0 Å². The van der Waals surface area contributed by atoms with Gasteiger partial charge in [-0.15, -0.1) is 0 Å². The number of hydrogen-bond donors (Lipinski definition) is 0. The van der Waals surface area contributed by atoms with Gasteiger partial charge in [-0.2, -0.15) is 5.26 Å². The van der Waals surface area contributed by atoms with Gasteiger partial charge in [0.15, 0.2) is 0 Å². The van der Waals surface area contributed by atoms with Crippen molar-refractivity contribution < 1.29 is 9.18 Å². The van der Waals surface area contributed by atoms with E-state index in [2.05, 4.69) is 42.2 Å². The third-order valence-electron chi connectivity index (χ3n) is 8.27. The summed E-state index contributed by atoms with van der Waals surface area (Å²) in [6.07, 6.45) is 6.49. The molecule has 2 aliphatic heterocycles. The fourth-order valence-corrected chi connectivity index (χ4v) is 7.08. The third kappa shape index (κ3) is 6.76. The number of hydrogen-bond acceptors (Lipinski definition) is 6. The van der Waals surface area contributed by atoms with Gasteiger partial charge in [-0.25, -0.2) is 4.39 Å². The fourth-order valence-electron chi connectivity index (χ4n) is 5.84. The number of aromatic nitrogens is 1. The molecule has 1 amide bonds. The number of benzene rings is 2. The Morgan fingerprint density at radius 2 is 1.77 bits per heavy atom. The number of piperidine rings is 1. The maximum absolute atomic E-state index is 13.6. The molecule has 2 saturated heterocycles. The number of anilines is 1. The Morgan fingerprint density at radius 1 is 1.07 bits per heavy atom. The van der Waals surface area contributed by atoms with Crippen LogP contribution in [0.25, 0.3) is 6.08 Å². The molecule has 2 aliphatic rings. The van der Waals surface area contributed by atoms with Gasteiger partial charge in [-0.3, -0.25) is 19.1 Å². The van der Waals surface area contributed by atoms with Crippen LogP contribution in [0.2, 0.25) is 0 Å². The molecule has 0 saturated carbocycles. The minimum Gasteiger partial charge on any atom is -0.357 e. The first-order valence-corrected chi connectivity index (χ1v) is 16.0. The number of nitriles is 1. The van der Waals surface area contributed by atoms with E-state index in [9.17, 15) is 19.2 Å². The summed E-state index contributed by atoms with van der Waals surface area (Å²) in [5.74, 6) is 0.737. The van der Waals surface area contributed by atoms with Gasteiger partial charge in [-0.1, -0.05) is 79.8 Å². The van der Waals surface area contributed by atoms with Crippen molar-refractivity contribution in [1.29, 1.82) is 5.26 Å². The predicted molar refractivity (Wildman–Crippen MR) is 175 cm³/mol. The Hall–Kier alpha value is -3.74. The molecule has 3 heterocycles. The van der Waals surface area contributed by atoms with Gasteiger partial charge in [0.05, 0.1) is 11.4 Å². The number of amides is 1. The SMILES string of the molecule is CCCCn1c(N2CCC(Cc3ccccc3)CC2)c(/C=C2\SC(=S)N(Cc3ccc(F)cc3)C2=O)c(C)c(C#N)c1=O. The number of rotatable bonds is 9. The summed E-state index contributed by atoms with van der Waals surface area (Å²) >= 11 is 6.79. The van der Waals surface area contributed by atoms with E-state index in [1.54, 1.807) is 23.6 Å². The summed E-state index contributed by atoms with van der Waals surface area (Å²) in [5.41, 5.74) is 3.22. The van der Waals surface area contributed by atoms with Crippen molar-refractivity contribution in [3.8, 4) is 6.07 Å². The average molecular weight is 615 g/mol. The molecule has 0 spiro atoms. The van der Waals surface area contributed by atoms with Crippen LogP contribution in [0.15, 0.2) is 64.3 Å². The smallest absolute Gasteiger partial charge is 0.270 e. The van der Waals surface area contributed by atoms with E-state index in [1.807, 2.05) is 12.1 Å². The van der Waals surface area contributed by atoms with Crippen molar-refractivity contribution in [2.24, 2.45) is 5.92 Å². The minimum absolute atomic E-state index is 0.104. The van der Waals surface area contributed by atoms with E-state index in [4.69, 9.17) is 12.2 Å². The van der Waals surface area contributed by atoms with Crippen molar-refractivity contribution in [2.75, 3.05) is 18.0 Å². The molecular formula is C34H35FN4O2S2. The lowest BCUT2D eigenvalue weighted by molar-refractivity contribution is -0.122. The molecule has 2 aromatic carbocycles. The first-order valence-electron chi connectivity index (χ1n) is 14.8. The number of halogens is 1. The summed E-state index contributed by atoms with van der Waals surface area (Å²) in [7, 11) is 0. The van der Waals surface area contributed by atoms with E-state index >= 15 is 0 Å². The average Bonchev–Trinajstić information content (AvgIpc) is 3.27. The first-order chi connectivity index (χ1) is 20.8. The number of unbranched alkanes of at least 4 members (excludes halogenated alkanes) is 1. The number of thiocarbonyl (C=S) groups is 1. The molecule has 0 N–H and O–H groups in total. The molecule has 6 nitrogen and oxygen atoms in total. The summed E-state index contributed by atoms with van der Waals surface area (Å²) in [6.45, 7) is 6.16. The summed E-state index contributed by atoms with van der Waals surface area (Å²) in [6, 6.07) is 18.7. The van der Waals surface area contributed by atoms with Gasteiger partial charge in [0.1, 0.15) is 27.6 Å². The molecular weight excluding hydrogens is 580 g/mol.